The van der Waals surface area contributed by atoms with Crippen LogP contribution in [0, 0.1) is 22.7 Å². The number of hydrogen-bond acceptors (Lipinski definition) is 3. The zero-order valence-electron chi connectivity index (χ0n) is 18.1. The van der Waals surface area contributed by atoms with Crippen LogP contribution >= 0.6 is 0 Å². The molecular formula is C23H42O3. The Morgan fingerprint density at radius 2 is 1.23 bits per heavy atom. The molecule has 4 unspecified atom stereocenters. The van der Waals surface area contributed by atoms with Gasteiger partial charge in [-0.25, -0.2) is 4.79 Å². The summed E-state index contributed by atoms with van der Waals surface area (Å²) < 4.78 is 11.7. The molecule has 0 bridgehead atoms. The monoisotopic (exact) mass is 366 g/mol. The van der Waals surface area contributed by atoms with Crippen molar-refractivity contribution in [2.45, 2.75) is 118 Å². The summed E-state index contributed by atoms with van der Waals surface area (Å²) in [5, 5.41) is 0. The highest BCUT2D eigenvalue weighted by atomic mass is 16.7. The lowest BCUT2D eigenvalue weighted by Gasteiger charge is -2.39. The van der Waals surface area contributed by atoms with Crippen LogP contribution in [0.25, 0.3) is 0 Å². The predicted molar refractivity (Wildman–Crippen MR) is 107 cm³/mol. The third-order valence-electron chi connectivity index (χ3n) is 6.84. The first-order valence-electron chi connectivity index (χ1n) is 11.0. The third-order valence-corrected chi connectivity index (χ3v) is 6.84. The molecule has 0 spiro atoms. The molecule has 0 saturated heterocycles. The number of carbonyl (C=O) groups is 1. The molecule has 0 N–H and O–H groups in total. The van der Waals surface area contributed by atoms with Gasteiger partial charge in [0.2, 0.25) is 0 Å². The van der Waals surface area contributed by atoms with Gasteiger partial charge >= 0.3 is 6.16 Å². The molecule has 4 atom stereocenters. The first kappa shape index (κ1) is 21.6. The van der Waals surface area contributed by atoms with Crippen LogP contribution in [-0.4, -0.2) is 18.4 Å². The predicted octanol–water partition coefficient (Wildman–Crippen LogP) is 7.13. The molecule has 0 amide bonds. The molecule has 3 nitrogen and oxygen atoms in total. The summed E-state index contributed by atoms with van der Waals surface area (Å²) in [6, 6.07) is 0. The van der Waals surface area contributed by atoms with Crippen LogP contribution in [0.3, 0.4) is 0 Å². The molecule has 0 radical (unpaired) electrons. The summed E-state index contributed by atoms with van der Waals surface area (Å²) in [6.07, 6.45) is 11.0. The van der Waals surface area contributed by atoms with Crippen LogP contribution in [0.5, 0.6) is 0 Å². The minimum Gasteiger partial charge on any atom is -0.431 e. The molecule has 2 rings (SSSR count). The molecule has 26 heavy (non-hydrogen) atoms. The summed E-state index contributed by atoms with van der Waals surface area (Å²) in [6.45, 7) is 13.6. The Morgan fingerprint density at radius 1 is 0.846 bits per heavy atom. The van der Waals surface area contributed by atoms with Crippen molar-refractivity contribution < 1.29 is 14.3 Å². The SMILES string of the molecule is CCC(OC(=O)OC(CC)C1CCCC(C)(C)C1)C1CCCC(C)(C)C1. The second-order valence-electron chi connectivity index (χ2n) is 10.4. The van der Waals surface area contributed by atoms with Gasteiger partial charge in [-0.3, -0.25) is 0 Å². The Hall–Kier alpha value is -0.730. The van der Waals surface area contributed by atoms with Crippen molar-refractivity contribution in [2.24, 2.45) is 22.7 Å². The number of ether oxygens (including phenoxy) is 2. The van der Waals surface area contributed by atoms with Crippen molar-refractivity contribution >= 4 is 6.16 Å². The standard InChI is InChI=1S/C23H42O3/c1-7-19(17-11-9-13-22(3,4)15-17)25-21(24)26-20(8-2)18-12-10-14-23(5,6)16-18/h17-20H,7-16H2,1-6H3. The zero-order valence-corrected chi connectivity index (χ0v) is 18.1. The van der Waals surface area contributed by atoms with E-state index in [1.807, 2.05) is 0 Å². The Balaban J connectivity index is 1.90. The molecule has 2 aliphatic rings. The van der Waals surface area contributed by atoms with Gasteiger partial charge in [-0.1, -0.05) is 54.4 Å². The van der Waals surface area contributed by atoms with Crippen molar-refractivity contribution in [3.63, 3.8) is 0 Å². The molecule has 0 aliphatic heterocycles. The maximum Gasteiger partial charge on any atom is 0.508 e. The molecule has 3 heteroatoms. The van der Waals surface area contributed by atoms with Crippen molar-refractivity contribution in [3.8, 4) is 0 Å². The van der Waals surface area contributed by atoms with Gasteiger partial charge in [0, 0.05) is 0 Å². The van der Waals surface area contributed by atoms with Crippen LogP contribution in [0.15, 0.2) is 0 Å². The quantitative estimate of drug-likeness (QED) is 0.469. The molecular weight excluding hydrogens is 324 g/mol. The Labute approximate surface area is 161 Å². The minimum atomic E-state index is -0.435. The molecule has 2 aliphatic carbocycles. The van der Waals surface area contributed by atoms with Crippen LogP contribution in [0.1, 0.15) is 106 Å². The van der Waals surface area contributed by atoms with Gasteiger partial charge in [0.15, 0.2) is 0 Å². The van der Waals surface area contributed by atoms with Gasteiger partial charge in [-0.15, -0.1) is 0 Å². The van der Waals surface area contributed by atoms with Crippen LogP contribution in [0.2, 0.25) is 0 Å². The van der Waals surface area contributed by atoms with Crippen LogP contribution < -0.4 is 0 Å². The van der Waals surface area contributed by atoms with Gasteiger partial charge in [0.05, 0.1) is 0 Å². The normalized spacial score (nSPS) is 30.2. The summed E-state index contributed by atoms with van der Waals surface area (Å²) in [4.78, 5) is 12.5. The lowest BCUT2D eigenvalue weighted by Crippen LogP contribution is -2.37. The zero-order chi connectivity index (χ0) is 19.4. The minimum absolute atomic E-state index is 0.00220. The molecule has 2 saturated carbocycles. The lowest BCUT2D eigenvalue weighted by molar-refractivity contribution is -0.0536. The van der Waals surface area contributed by atoms with E-state index in [9.17, 15) is 4.79 Å². The second-order valence-corrected chi connectivity index (χ2v) is 10.4. The van der Waals surface area contributed by atoms with Gasteiger partial charge < -0.3 is 9.47 Å². The summed E-state index contributed by atoms with van der Waals surface area (Å²) in [7, 11) is 0. The van der Waals surface area contributed by atoms with E-state index in [2.05, 4.69) is 41.5 Å². The molecule has 0 aromatic carbocycles. The Kier molecular flexibility index (Phi) is 7.44. The topological polar surface area (TPSA) is 35.5 Å². The third kappa shape index (κ3) is 6.16. The fourth-order valence-corrected chi connectivity index (χ4v) is 5.45. The van der Waals surface area contributed by atoms with E-state index in [1.54, 1.807) is 0 Å². The highest BCUT2D eigenvalue weighted by Crippen LogP contribution is 2.42. The van der Waals surface area contributed by atoms with Crippen molar-refractivity contribution in [3.05, 3.63) is 0 Å². The summed E-state index contributed by atoms with van der Waals surface area (Å²) in [5.74, 6) is 0.954. The van der Waals surface area contributed by atoms with Crippen LogP contribution in [0.4, 0.5) is 4.79 Å². The smallest absolute Gasteiger partial charge is 0.431 e. The number of carbonyl (C=O) groups excluding carboxylic acids is 1. The largest absolute Gasteiger partial charge is 0.508 e. The van der Waals surface area contributed by atoms with Crippen LogP contribution in [-0.2, 0) is 9.47 Å². The van der Waals surface area contributed by atoms with Crippen molar-refractivity contribution in [2.75, 3.05) is 0 Å². The average molecular weight is 367 g/mol. The maximum atomic E-state index is 12.5. The fraction of sp³-hybridized carbons (Fsp3) is 0.957. The van der Waals surface area contributed by atoms with E-state index in [4.69, 9.17) is 9.47 Å². The van der Waals surface area contributed by atoms with Crippen molar-refractivity contribution in [1.82, 2.24) is 0 Å². The van der Waals surface area contributed by atoms with Gasteiger partial charge in [-0.05, 0) is 74.0 Å². The average Bonchev–Trinajstić information content (AvgIpc) is 2.55. The molecule has 0 heterocycles. The lowest BCUT2D eigenvalue weighted by atomic mass is 9.70. The van der Waals surface area contributed by atoms with E-state index in [0.29, 0.717) is 22.7 Å². The summed E-state index contributed by atoms with van der Waals surface area (Å²) >= 11 is 0. The molecule has 152 valence electrons. The first-order chi connectivity index (χ1) is 12.2. The highest BCUT2D eigenvalue weighted by Gasteiger charge is 2.36. The fourth-order valence-electron chi connectivity index (χ4n) is 5.45. The summed E-state index contributed by atoms with van der Waals surface area (Å²) in [5.41, 5.74) is 0.729. The second kappa shape index (κ2) is 8.97. The van der Waals surface area contributed by atoms with Crippen molar-refractivity contribution in [1.29, 1.82) is 0 Å². The first-order valence-corrected chi connectivity index (χ1v) is 11.0. The molecule has 2 fully saturated rings. The van der Waals surface area contributed by atoms with Gasteiger partial charge in [0.25, 0.3) is 0 Å². The molecule has 0 aromatic rings. The Morgan fingerprint density at radius 3 is 1.54 bits per heavy atom. The van der Waals surface area contributed by atoms with E-state index in [0.717, 1.165) is 25.7 Å². The van der Waals surface area contributed by atoms with E-state index in [-0.39, 0.29) is 12.2 Å². The molecule has 0 aromatic heterocycles. The highest BCUT2D eigenvalue weighted by molar-refractivity contribution is 5.60. The van der Waals surface area contributed by atoms with E-state index < -0.39 is 6.16 Å². The van der Waals surface area contributed by atoms with Gasteiger partial charge in [0.1, 0.15) is 12.2 Å². The maximum absolute atomic E-state index is 12.5. The van der Waals surface area contributed by atoms with E-state index in [1.165, 1.54) is 38.5 Å². The Bertz CT molecular complexity index is 414. The number of rotatable bonds is 6. The van der Waals surface area contributed by atoms with Gasteiger partial charge in [-0.2, -0.15) is 0 Å². The number of hydrogen-bond donors (Lipinski definition) is 0. The van der Waals surface area contributed by atoms with E-state index >= 15 is 0 Å².